The number of hydrogen-bond donors (Lipinski definition) is 0. The number of piperazine rings is 1. The molecule has 1 saturated heterocycles. The van der Waals surface area contributed by atoms with Crippen LogP contribution in [0.5, 0.6) is 0 Å². The second-order valence-corrected chi connectivity index (χ2v) is 7.88. The van der Waals surface area contributed by atoms with Gasteiger partial charge < -0.3 is 4.90 Å². The molecule has 2 aromatic heterocycles. The number of pyridine rings is 1. The molecule has 1 aliphatic rings. The maximum Gasteiger partial charge on any atom is 0.276 e. The number of benzene rings is 1. The van der Waals surface area contributed by atoms with Gasteiger partial charge in [-0.05, 0) is 50.1 Å². The number of nitrogens with zero attached hydrogens (tertiary/aromatic N) is 6. The number of carbonyl (C=O) groups is 1. The summed E-state index contributed by atoms with van der Waals surface area (Å²) in [6.07, 6.45) is 4.42. The topological polar surface area (TPSA) is 67.2 Å². The van der Waals surface area contributed by atoms with Crippen LogP contribution in [-0.4, -0.2) is 67.9 Å². The third-order valence-corrected chi connectivity index (χ3v) is 5.75. The Hall–Kier alpha value is -3.06. The van der Waals surface area contributed by atoms with E-state index in [4.69, 9.17) is 0 Å². The Labute approximate surface area is 177 Å². The van der Waals surface area contributed by atoms with Crippen LogP contribution in [0.25, 0.3) is 16.9 Å². The molecule has 3 heterocycles. The fourth-order valence-corrected chi connectivity index (χ4v) is 3.84. The SMILES string of the molecule is CCc1ccc(-n2nnc(C(=O)N3CCN(C(C)C)CC3)c2-c2ccncc2)cc1. The van der Waals surface area contributed by atoms with Crippen LogP contribution in [0.4, 0.5) is 0 Å². The molecular formula is C23H28N6O. The van der Waals surface area contributed by atoms with Crippen LogP contribution in [0, 0.1) is 0 Å². The van der Waals surface area contributed by atoms with Gasteiger partial charge in [0.15, 0.2) is 5.69 Å². The van der Waals surface area contributed by atoms with Crippen LogP contribution >= 0.6 is 0 Å². The number of amides is 1. The Balaban J connectivity index is 1.70. The largest absolute Gasteiger partial charge is 0.335 e. The number of carbonyl (C=O) groups excluding carboxylic acids is 1. The van der Waals surface area contributed by atoms with E-state index in [1.165, 1.54) is 5.56 Å². The summed E-state index contributed by atoms with van der Waals surface area (Å²) in [6, 6.07) is 12.5. The average molecular weight is 405 g/mol. The lowest BCUT2D eigenvalue weighted by Gasteiger charge is -2.36. The van der Waals surface area contributed by atoms with Crippen LogP contribution in [0.3, 0.4) is 0 Å². The average Bonchev–Trinajstić information content (AvgIpc) is 3.24. The molecule has 0 radical (unpaired) electrons. The van der Waals surface area contributed by atoms with E-state index in [0.29, 0.717) is 30.5 Å². The van der Waals surface area contributed by atoms with Crippen molar-refractivity contribution in [2.75, 3.05) is 26.2 Å². The highest BCUT2D eigenvalue weighted by Crippen LogP contribution is 2.26. The van der Waals surface area contributed by atoms with E-state index in [2.05, 4.69) is 53.1 Å². The second-order valence-electron chi connectivity index (χ2n) is 7.88. The standard InChI is InChI=1S/C23H28N6O/c1-4-18-5-7-20(8-6-18)29-22(19-9-11-24-12-10-19)21(25-26-29)23(30)28-15-13-27(14-16-28)17(2)3/h5-12,17H,4,13-16H2,1-3H3. The van der Waals surface area contributed by atoms with E-state index in [-0.39, 0.29) is 5.91 Å². The first-order valence-electron chi connectivity index (χ1n) is 10.6. The molecule has 0 spiro atoms. The zero-order valence-electron chi connectivity index (χ0n) is 17.8. The molecule has 3 aromatic rings. The summed E-state index contributed by atoms with van der Waals surface area (Å²) in [5.41, 5.74) is 4.11. The maximum absolute atomic E-state index is 13.4. The van der Waals surface area contributed by atoms with Crippen molar-refractivity contribution in [2.45, 2.75) is 33.2 Å². The van der Waals surface area contributed by atoms with E-state index >= 15 is 0 Å². The number of aromatic nitrogens is 4. The van der Waals surface area contributed by atoms with Gasteiger partial charge in [-0.3, -0.25) is 14.7 Å². The second kappa shape index (κ2) is 8.75. The van der Waals surface area contributed by atoms with Gasteiger partial charge in [-0.1, -0.05) is 24.3 Å². The normalized spacial score (nSPS) is 15.0. The van der Waals surface area contributed by atoms with Crippen LogP contribution in [0.2, 0.25) is 0 Å². The van der Waals surface area contributed by atoms with Crippen molar-refractivity contribution in [3.63, 3.8) is 0 Å². The van der Waals surface area contributed by atoms with E-state index in [1.807, 2.05) is 29.2 Å². The lowest BCUT2D eigenvalue weighted by atomic mass is 10.1. The van der Waals surface area contributed by atoms with Gasteiger partial charge in [0.25, 0.3) is 5.91 Å². The fraction of sp³-hybridized carbons (Fsp3) is 0.391. The molecule has 1 fully saturated rings. The first-order chi connectivity index (χ1) is 14.6. The summed E-state index contributed by atoms with van der Waals surface area (Å²) < 4.78 is 1.76. The summed E-state index contributed by atoms with van der Waals surface area (Å²) in [5.74, 6) is -0.0679. The van der Waals surface area contributed by atoms with Gasteiger partial charge in [0.05, 0.1) is 5.69 Å². The molecule has 1 aromatic carbocycles. The Morgan fingerprint density at radius 3 is 2.27 bits per heavy atom. The minimum absolute atomic E-state index is 0.0679. The van der Waals surface area contributed by atoms with E-state index in [0.717, 1.165) is 30.8 Å². The maximum atomic E-state index is 13.4. The van der Waals surface area contributed by atoms with E-state index < -0.39 is 0 Å². The molecule has 4 rings (SSSR count). The first kappa shape index (κ1) is 20.2. The zero-order chi connectivity index (χ0) is 21.1. The quantitative estimate of drug-likeness (QED) is 0.654. The molecule has 0 saturated carbocycles. The summed E-state index contributed by atoms with van der Waals surface area (Å²) in [7, 11) is 0. The minimum atomic E-state index is -0.0679. The Morgan fingerprint density at radius 2 is 1.67 bits per heavy atom. The molecule has 0 aliphatic carbocycles. The van der Waals surface area contributed by atoms with Crippen molar-refractivity contribution < 1.29 is 4.79 Å². The minimum Gasteiger partial charge on any atom is -0.335 e. The van der Waals surface area contributed by atoms with Gasteiger partial charge in [-0.2, -0.15) is 0 Å². The first-order valence-corrected chi connectivity index (χ1v) is 10.6. The number of aryl methyl sites for hydroxylation is 1. The molecule has 0 atom stereocenters. The Bertz CT molecular complexity index is 988. The molecule has 156 valence electrons. The molecule has 1 amide bonds. The van der Waals surface area contributed by atoms with Gasteiger partial charge in [0.2, 0.25) is 0 Å². The van der Waals surface area contributed by atoms with Crippen molar-refractivity contribution >= 4 is 5.91 Å². The van der Waals surface area contributed by atoms with E-state index in [1.54, 1.807) is 17.1 Å². The monoisotopic (exact) mass is 404 g/mol. The highest BCUT2D eigenvalue weighted by molar-refractivity contribution is 5.98. The number of hydrogen-bond acceptors (Lipinski definition) is 5. The van der Waals surface area contributed by atoms with Crippen LogP contribution in [0.1, 0.15) is 36.8 Å². The summed E-state index contributed by atoms with van der Waals surface area (Å²) in [6.45, 7) is 9.66. The molecule has 0 N–H and O–H groups in total. The molecule has 1 aliphatic heterocycles. The predicted octanol–water partition coefficient (Wildman–Crippen LogP) is 3.06. The molecule has 0 unspecified atom stereocenters. The fourth-order valence-electron chi connectivity index (χ4n) is 3.84. The highest BCUT2D eigenvalue weighted by Gasteiger charge is 2.29. The van der Waals surface area contributed by atoms with Gasteiger partial charge >= 0.3 is 0 Å². The highest BCUT2D eigenvalue weighted by atomic mass is 16.2. The van der Waals surface area contributed by atoms with Crippen molar-refractivity contribution in [3.8, 4) is 16.9 Å². The third kappa shape index (κ3) is 3.98. The van der Waals surface area contributed by atoms with Crippen LogP contribution < -0.4 is 0 Å². The summed E-state index contributed by atoms with van der Waals surface area (Å²) in [4.78, 5) is 21.8. The van der Waals surface area contributed by atoms with Gasteiger partial charge in [0, 0.05) is 50.2 Å². The van der Waals surface area contributed by atoms with Crippen molar-refractivity contribution in [1.29, 1.82) is 0 Å². The molecule has 7 nitrogen and oxygen atoms in total. The lowest BCUT2D eigenvalue weighted by molar-refractivity contribution is 0.0590. The Kier molecular flexibility index (Phi) is 5.90. The van der Waals surface area contributed by atoms with Gasteiger partial charge in [-0.25, -0.2) is 4.68 Å². The van der Waals surface area contributed by atoms with Gasteiger partial charge in [-0.15, -0.1) is 5.10 Å². The predicted molar refractivity (Wildman–Crippen MR) is 117 cm³/mol. The smallest absolute Gasteiger partial charge is 0.276 e. The summed E-state index contributed by atoms with van der Waals surface area (Å²) >= 11 is 0. The van der Waals surface area contributed by atoms with Crippen molar-refractivity contribution in [2.24, 2.45) is 0 Å². The van der Waals surface area contributed by atoms with Crippen molar-refractivity contribution in [1.82, 2.24) is 29.8 Å². The zero-order valence-corrected chi connectivity index (χ0v) is 17.8. The van der Waals surface area contributed by atoms with Gasteiger partial charge in [0.1, 0.15) is 5.69 Å². The Morgan fingerprint density at radius 1 is 1.00 bits per heavy atom. The van der Waals surface area contributed by atoms with Crippen LogP contribution in [-0.2, 0) is 6.42 Å². The third-order valence-electron chi connectivity index (χ3n) is 5.75. The molecule has 30 heavy (non-hydrogen) atoms. The summed E-state index contributed by atoms with van der Waals surface area (Å²) in [5, 5.41) is 8.69. The molecular weight excluding hydrogens is 376 g/mol. The van der Waals surface area contributed by atoms with Crippen molar-refractivity contribution in [3.05, 3.63) is 60.0 Å². The molecule has 0 bridgehead atoms. The number of rotatable bonds is 5. The molecule has 7 heteroatoms. The van der Waals surface area contributed by atoms with E-state index in [9.17, 15) is 4.79 Å². The van der Waals surface area contributed by atoms with Crippen LogP contribution in [0.15, 0.2) is 48.8 Å². The lowest BCUT2D eigenvalue weighted by Crippen LogP contribution is -2.50.